The third-order valence-electron chi connectivity index (χ3n) is 2.71. The lowest BCUT2D eigenvalue weighted by Gasteiger charge is -2.09. The van der Waals surface area contributed by atoms with Crippen LogP contribution in [0.25, 0.3) is 0 Å². The molecule has 0 aromatic carbocycles. The zero-order chi connectivity index (χ0) is 13.7. The van der Waals surface area contributed by atoms with Crippen LogP contribution in [0.4, 0.5) is 0 Å². The summed E-state index contributed by atoms with van der Waals surface area (Å²) in [6, 6.07) is 1.47. The maximum atomic E-state index is 11.8. The second-order valence-corrected chi connectivity index (χ2v) is 5.13. The molecule has 6 heteroatoms. The van der Waals surface area contributed by atoms with Crippen molar-refractivity contribution in [3.05, 3.63) is 21.9 Å². The molecule has 2 amide bonds. The summed E-state index contributed by atoms with van der Waals surface area (Å²) in [5.41, 5.74) is 0.831. The highest BCUT2D eigenvalue weighted by Crippen LogP contribution is 2.14. The van der Waals surface area contributed by atoms with Crippen molar-refractivity contribution in [3.63, 3.8) is 0 Å². The molecule has 1 aliphatic heterocycles. The maximum Gasteiger partial charge on any atom is 0.242 e. The first kappa shape index (κ1) is 13.6. The highest BCUT2D eigenvalue weighted by atomic mass is 32.1. The van der Waals surface area contributed by atoms with Crippen LogP contribution in [0.5, 0.6) is 0 Å². The summed E-state index contributed by atoms with van der Waals surface area (Å²) < 4.78 is 0. The van der Waals surface area contributed by atoms with Crippen LogP contribution in [0, 0.1) is 11.8 Å². The summed E-state index contributed by atoms with van der Waals surface area (Å²) in [4.78, 5) is 23.8. The van der Waals surface area contributed by atoms with Gasteiger partial charge in [0.15, 0.2) is 0 Å². The van der Waals surface area contributed by atoms with Crippen LogP contribution in [0.3, 0.4) is 0 Å². The third-order valence-corrected chi connectivity index (χ3v) is 3.65. The molecule has 1 unspecified atom stereocenters. The predicted octanol–water partition coefficient (Wildman–Crippen LogP) is -0.0133. The first-order chi connectivity index (χ1) is 9.19. The fourth-order valence-electron chi connectivity index (χ4n) is 1.79. The lowest BCUT2D eigenvalue weighted by molar-refractivity contribution is -0.125. The molecule has 1 aromatic heterocycles. The molecule has 19 heavy (non-hydrogen) atoms. The fraction of sp³-hybridized carbons (Fsp3) is 0.385. The van der Waals surface area contributed by atoms with Gasteiger partial charge in [-0.15, -0.1) is 11.3 Å². The summed E-state index contributed by atoms with van der Waals surface area (Å²) in [5.74, 6) is 5.15. The van der Waals surface area contributed by atoms with Gasteiger partial charge in [0.05, 0.1) is 6.54 Å². The number of thiophene rings is 1. The van der Waals surface area contributed by atoms with Crippen molar-refractivity contribution in [1.82, 2.24) is 10.6 Å². The van der Waals surface area contributed by atoms with Gasteiger partial charge in [0.2, 0.25) is 11.8 Å². The van der Waals surface area contributed by atoms with Crippen LogP contribution in [0.1, 0.15) is 23.3 Å². The van der Waals surface area contributed by atoms with E-state index in [0.29, 0.717) is 19.4 Å². The van der Waals surface area contributed by atoms with Gasteiger partial charge in [0.25, 0.3) is 0 Å². The second kappa shape index (κ2) is 6.36. The lowest BCUT2D eigenvalue weighted by Crippen LogP contribution is -2.41. The van der Waals surface area contributed by atoms with Crippen LogP contribution in [-0.4, -0.2) is 29.6 Å². The maximum absolute atomic E-state index is 11.8. The SMILES string of the molecule is O=C1CCC(C(=O)NCc2cc(C#CCO)cs2)N1. The first-order valence-electron chi connectivity index (χ1n) is 5.93. The molecule has 0 radical (unpaired) electrons. The summed E-state index contributed by atoms with van der Waals surface area (Å²) in [6.45, 7) is 0.264. The van der Waals surface area contributed by atoms with E-state index in [1.165, 1.54) is 11.3 Å². The van der Waals surface area contributed by atoms with E-state index >= 15 is 0 Å². The molecular weight excluding hydrogens is 264 g/mol. The largest absolute Gasteiger partial charge is 0.384 e. The summed E-state index contributed by atoms with van der Waals surface area (Å²) >= 11 is 1.50. The Kier molecular flexibility index (Phi) is 4.55. The molecule has 1 saturated heterocycles. The average molecular weight is 278 g/mol. The number of hydrogen-bond donors (Lipinski definition) is 3. The number of carbonyl (C=O) groups is 2. The van der Waals surface area contributed by atoms with E-state index in [0.717, 1.165) is 10.4 Å². The first-order valence-corrected chi connectivity index (χ1v) is 6.81. The monoisotopic (exact) mass is 278 g/mol. The van der Waals surface area contributed by atoms with Crippen LogP contribution >= 0.6 is 11.3 Å². The Morgan fingerprint density at radius 3 is 3.16 bits per heavy atom. The summed E-state index contributed by atoms with van der Waals surface area (Å²) in [7, 11) is 0. The standard InChI is InChI=1S/C13H14N2O3S/c16-5-1-2-9-6-10(19-8-9)7-14-13(18)11-3-4-12(17)15-11/h6,8,11,16H,3-5,7H2,(H,14,18)(H,15,17). The van der Waals surface area contributed by atoms with Gasteiger partial charge in [-0.3, -0.25) is 9.59 Å². The molecular formula is C13H14N2O3S. The summed E-state index contributed by atoms with van der Waals surface area (Å²) in [6.07, 6.45) is 0.973. The quantitative estimate of drug-likeness (QED) is 0.680. The van der Waals surface area contributed by atoms with Gasteiger partial charge >= 0.3 is 0 Å². The highest BCUT2D eigenvalue weighted by Gasteiger charge is 2.26. The van der Waals surface area contributed by atoms with Crippen LogP contribution < -0.4 is 10.6 Å². The molecule has 0 saturated carbocycles. The van der Waals surface area contributed by atoms with E-state index in [1.807, 2.05) is 11.4 Å². The van der Waals surface area contributed by atoms with E-state index in [-0.39, 0.29) is 18.4 Å². The van der Waals surface area contributed by atoms with Crippen LogP contribution in [0.15, 0.2) is 11.4 Å². The molecule has 1 fully saturated rings. The minimum absolute atomic E-state index is 0.0714. The van der Waals surface area contributed by atoms with Gasteiger partial charge in [-0.1, -0.05) is 11.8 Å². The molecule has 1 aliphatic rings. The Hall–Kier alpha value is -1.84. The molecule has 0 spiro atoms. The molecule has 3 N–H and O–H groups in total. The Morgan fingerprint density at radius 1 is 1.63 bits per heavy atom. The van der Waals surface area contributed by atoms with Crippen molar-refractivity contribution in [3.8, 4) is 11.8 Å². The Balaban J connectivity index is 1.83. The number of amides is 2. The van der Waals surface area contributed by atoms with E-state index in [2.05, 4.69) is 22.5 Å². The fourth-order valence-corrected chi connectivity index (χ4v) is 2.54. The molecule has 0 aliphatic carbocycles. The second-order valence-electron chi connectivity index (χ2n) is 4.14. The van der Waals surface area contributed by atoms with Crippen molar-refractivity contribution in [2.24, 2.45) is 0 Å². The predicted molar refractivity (Wildman–Crippen MR) is 71.3 cm³/mol. The molecule has 5 nitrogen and oxygen atoms in total. The molecule has 2 rings (SSSR count). The van der Waals surface area contributed by atoms with Gasteiger partial charge in [-0.25, -0.2) is 0 Å². The van der Waals surface area contributed by atoms with Gasteiger partial charge in [-0.05, 0) is 12.5 Å². The van der Waals surface area contributed by atoms with E-state index < -0.39 is 6.04 Å². The Labute approximate surface area is 115 Å². The van der Waals surface area contributed by atoms with E-state index in [4.69, 9.17) is 5.11 Å². The lowest BCUT2D eigenvalue weighted by atomic mass is 10.2. The molecule has 0 bridgehead atoms. The van der Waals surface area contributed by atoms with Gasteiger partial charge in [0.1, 0.15) is 12.6 Å². The van der Waals surface area contributed by atoms with Gasteiger partial charge in [-0.2, -0.15) is 0 Å². The number of nitrogens with one attached hydrogen (secondary N) is 2. The minimum Gasteiger partial charge on any atom is -0.384 e. The van der Waals surface area contributed by atoms with Crippen molar-refractivity contribution in [2.45, 2.75) is 25.4 Å². The number of rotatable bonds is 3. The third kappa shape index (κ3) is 3.81. The van der Waals surface area contributed by atoms with E-state index in [1.54, 1.807) is 0 Å². The van der Waals surface area contributed by atoms with Crippen molar-refractivity contribution in [1.29, 1.82) is 0 Å². The number of aliphatic hydroxyl groups excluding tert-OH is 1. The van der Waals surface area contributed by atoms with Crippen molar-refractivity contribution >= 4 is 23.2 Å². The number of carbonyl (C=O) groups excluding carboxylic acids is 2. The Bertz CT molecular complexity index is 542. The van der Waals surface area contributed by atoms with Crippen LogP contribution in [-0.2, 0) is 16.1 Å². The van der Waals surface area contributed by atoms with E-state index in [9.17, 15) is 9.59 Å². The minimum atomic E-state index is -0.402. The zero-order valence-electron chi connectivity index (χ0n) is 10.2. The van der Waals surface area contributed by atoms with Gasteiger partial charge < -0.3 is 15.7 Å². The highest BCUT2D eigenvalue weighted by molar-refractivity contribution is 7.10. The van der Waals surface area contributed by atoms with Crippen molar-refractivity contribution in [2.75, 3.05) is 6.61 Å². The van der Waals surface area contributed by atoms with Crippen LogP contribution in [0.2, 0.25) is 0 Å². The summed E-state index contributed by atoms with van der Waals surface area (Å²) in [5, 5.41) is 15.9. The molecule has 2 heterocycles. The Morgan fingerprint density at radius 2 is 2.47 bits per heavy atom. The molecule has 1 aromatic rings. The average Bonchev–Trinajstić information content (AvgIpc) is 3.02. The molecule has 100 valence electrons. The number of hydrogen-bond acceptors (Lipinski definition) is 4. The van der Waals surface area contributed by atoms with Gasteiger partial charge in [0, 0.05) is 22.2 Å². The normalized spacial score (nSPS) is 17.5. The van der Waals surface area contributed by atoms with Crippen molar-refractivity contribution < 1.29 is 14.7 Å². The number of aliphatic hydroxyl groups is 1. The zero-order valence-corrected chi connectivity index (χ0v) is 11.0. The smallest absolute Gasteiger partial charge is 0.242 e. The molecule has 1 atom stereocenters. The topological polar surface area (TPSA) is 78.4 Å².